The average molecular weight is 230 g/mol. The van der Waals surface area contributed by atoms with Gasteiger partial charge in [-0.2, -0.15) is 0 Å². The number of aromatic nitrogens is 3. The standard InChI is InChI=1S/C9H6ClF2N3/c10-4-7-5-15(14-13-7)9-3-6(11)1-2-8(9)12/h1-3,5H,4H2. The average Bonchev–Trinajstić information content (AvgIpc) is 2.70. The van der Waals surface area contributed by atoms with Crippen molar-refractivity contribution in [3.8, 4) is 5.69 Å². The lowest BCUT2D eigenvalue weighted by Gasteiger charge is -2.01. The van der Waals surface area contributed by atoms with Crippen LogP contribution >= 0.6 is 11.6 Å². The van der Waals surface area contributed by atoms with Crippen molar-refractivity contribution in [3.63, 3.8) is 0 Å². The van der Waals surface area contributed by atoms with Crippen molar-refractivity contribution in [2.45, 2.75) is 5.88 Å². The van der Waals surface area contributed by atoms with Gasteiger partial charge in [0.05, 0.1) is 17.8 Å². The molecule has 2 rings (SSSR count). The summed E-state index contributed by atoms with van der Waals surface area (Å²) in [7, 11) is 0. The summed E-state index contributed by atoms with van der Waals surface area (Å²) in [5, 5.41) is 7.31. The molecule has 1 aromatic heterocycles. The van der Waals surface area contributed by atoms with Crippen LogP contribution in [0.3, 0.4) is 0 Å². The second-order valence-corrected chi connectivity index (χ2v) is 3.15. The normalized spacial score (nSPS) is 10.6. The highest BCUT2D eigenvalue weighted by Crippen LogP contribution is 2.14. The number of nitrogens with zero attached hydrogens (tertiary/aromatic N) is 3. The third kappa shape index (κ3) is 1.97. The van der Waals surface area contributed by atoms with Gasteiger partial charge in [0.2, 0.25) is 0 Å². The van der Waals surface area contributed by atoms with Gasteiger partial charge in [-0.3, -0.25) is 0 Å². The van der Waals surface area contributed by atoms with E-state index in [1.807, 2.05) is 0 Å². The first kappa shape index (κ1) is 10.0. The molecule has 1 heterocycles. The second kappa shape index (κ2) is 3.94. The van der Waals surface area contributed by atoms with E-state index in [1.54, 1.807) is 0 Å². The van der Waals surface area contributed by atoms with Crippen LogP contribution in [0, 0.1) is 11.6 Å². The minimum absolute atomic E-state index is 0.0128. The summed E-state index contributed by atoms with van der Waals surface area (Å²) in [5.74, 6) is -0.923. The Morgan fingerprint density at radius 1 is 1.33 bits per heavy atom. The fourth-order valence-electron chi connectivity index (χ4n) is 1.14. The Morgan fingerprint density at radius 3 is 2.80 bits per heavy atom. The van der Waals surface area contributed by atoms with Crippen LogP contribution in [0.5, 0.6) is 0 Å². The van der Waals surface area contributed by atoms with Crippen molar-refractivity contribution in [2.75, 3.05) is 0 Å². The minimum Gasteiger partial charge on any atom is -0.217 e. The third-order valence-electron chi connectivity index (χ3n) is 1.83. The second-order valence-electron chi connectivity index (χ2n) is 2.88. The molecule has 0 aliphatic carbocycles. The maximum absolute atomic E-state index is 13.3. The first-order chi connectivity index (χ1) is 7.20. The zero-order valence-electron chi connectivity index (χ0n) is 7.49. The van der Waals surface area contributed by atoms with Gasteiger partial charge in [-0.15, -0.1) is 16.7 Å². The molecule has 0 spiro atoms. The zero-order chi connectivity index (χ0) is 10.8. The summed E-state index contributed by atoms with van der Waals surface area (Å²) in [6, 6.07) is 3.12. The monoisotopic (exact) mass is 229 g/mol. The molecule has 6 heteroatoms. The summed E-state index contributed by atoms with van der Waals surface area (Å²) in [6.07, 6.45) is 1.45. The fourth-order valence-corrected chi connectivity index (χ4v) is 1.26. The quantitative estimate of drug-likeness (QED) is 0.740. The van der Waals surface area contributed by atoms with Gasteiger partial charge in [-0.25, -0.2) is 13.5 Å². The molecule has 0 aliphatic rings. The Balaban J connectivity index is 2.48. The van der Waals surface area contributed by atoms with Crippen LogP contribution in [0.15, 0.2) is 24.4 Å². The van der Waals surface area contributed by atoms with Crippen molar-refractivity contribution < 1.29 is 8.78 Å². The molecule has 0 radical (unpaired) electrons. The van der Waals surface area contributed by atoms with Gasteiger partial charge in [0.15, 0.2) is 0 Å². The van der Waals surface area contributed by atoms with E-state index in [-0.39, 0.29) is 11.6 Å². The Hall–Kier alpha value is -1.49. The summed E-state index contributed by atoms with van der Waals surface area (Å²) < 4.78 is 27.3. The van der Waals surface area contributed by atoms with E-state index in [0.29, 0.717) is 5.69 Å². The molecule has 3 nitrogen and oxygen atoms in total. The molecule has 0 bridgehead atoms. The maximum Gasteiger partial charge on any atom is 0.149 e. The SMILES string of the molecule is Fc1ccc(F)c(-n2cc(CCl)nn2)c1. The lowest BCUT2D eigenvalue weighted by Crippen LogP contribution is -1.99. The van der Waals surface area contributed by atoms with Crippen molar-refractivity contribution >= 4 is 11.6 Å². The van der Waals surface area contributed by atoms with E-state index in [1.165, 1.54) is 6.20 Å². The van der Waals surface area contributed by atoms with Crippen LogP contribution < -0.4 is 0 Å². The first-order valence-electron chi connectivity index (χ1n) is 4.13. The van der Waals surface area contributed by atoms with E-state index < -0.39 is 11.6 Å². The molecule has 0 fully saturated rings. The number of hydrogen-bond acceptors (Lipinski definition) is 2. The highest BCUT2D eigenvalue weighted by atomic mass is 35.5. The smallest absolute Gasteiger partial charge is 0.149 e. The van der Waals surface area contributed by atoms with Gasteiger partial charge in [-0.1, -0.05) is 5.21 Å². The topological polar surface area (TPSA) is 30.7 Å². The predicted octanol–water partition coefficient (Wildman–Crippen LogP) is 2.28. The van der Waals surface area contributed by atoms with Gasteiger partial charge >= 0.3 is 0 Å². The van der Waals surface area contributed by atoms with Gasteiger partial charge in [0, 0.05) is 6.07 Å². The first-order valence-corrected chi connectivity index (χ1v) is 4.67. The van der Waals surface area contributed by atoms with E-state index in [0.717, 1.165) is 22.9 Å². The Labute approximate surface area is 89.3 Å². The van der Waals surface area contributed by atoms with E-state index in [4.69, 9.17) is 11.6 Å². The van der Waals surface area contributed by atoms with Crippen LogP contribution in [-0.4, -0.2) is 15.0 Å². The van der Waals surface area contributed by atoms with Gasteiger partial charge < -0.3 is 0 Å². The largest absolute Gasteiger partial charge is 0.217 e. The third-order valence-corrected chi connectivity index (χ3v) is 2.11. The summed E-state index contributed by atoms with van der Waals surface area (Å²) in [5.41, 5.74) is 0.513. The lowest BCUT2D eigenvalue weighted by atomic mass is 10.3. The van der Waals surface area contributed by atoms with Crippen LogP contribution in [0.4, 0.5) is 8.78 Å². The van der Waals surface area contributed by atoms with Crippen molar-refractivity contribution in [1.29, 1.82) is 0 Å². The number of hydrogen-bond donors (Lipinski definition) is 0. The molecule has 0 saturated heterocycles. The van der Waals surface area contributed by atoms with Gasteiger partial charge in [0.25, 0.3) is 0 Å². The van der Waals surface area contributed by atoms with Crippen molar-refractivity contribution in [3.05, 3.63) is 41.7 Å². The number of alkyl halides is 1. The zero-order valence-corrected chi connectivity index (χ0v) is 8.25. The molecular formula is C9H6ClF2N3. The molecular weight excluding hydrogens is 224 g/mol. The molecule has 1 aromatic carbocycles. The number of halogens is 3. The molecule has 2 aromatic rings. The minimum atomic E-state index is -0.567. The van der Waals surface area contributed by atoms with E-state index >= 15 is 0 Å². The molecule has 0 unspecified atom stereocenters. The van der Waals surface area contributed by atoms with E-state index in [9.17, 15) is 8.78 Å². The van der Waals surface area contributed by atoms with Crippen molar-refractivity contribution in [1.82, 2.24) is 15.0 Å². The Bertz CT molecular complexity index is 484. The number of benzene rings is 1. The summed E-state index contributed by atoms with van der Waals surface area (Å²) in [6.45, 7) is 0. The summed E-state index contributed by atoms with van der Waals surface area (Å²) in [4.78, 5) is 0. The predicted molar refractivity (Wildman–Crippen MR) is 50.8 cm³/mol. The van der Waals surface area contributed by atoms with Crippen LogP contribution in [0.1, 0.15) is 5.69 Å². The molecule has 0 N–H and O–H groups in total. The molecule has 0 atom stereocenters. The van der Waals surface area contributed by atoms with Gasteiger partial charge in [0.1, 0.15) is 17.3 Å². The highest BCUT2D eigenvalue weighted by molar-refractivity contribution is 6.16. The molecule has 0 aliphatic heterocycles. The molecule has 15 heavy (non-hydrogen) atoms. The fraction of sp³-hybridized carbons (Fsp3) is 0.111. The Kier molecular flexibility index (Phi) is 2.64. The van der Waals surface area contributed by atoms with Crippen molar-refractivity contribution in [2.24, 2.45) is 0 Å². The molecule has 0 saturated carbocycles. The highest BCUT2D eigenvalue weighted by Gasteiger charge is 2.08. The van der Waals surface area contributed by atoms with Crippen LogP contribution in [0.2, 0.25) is 0 Å². The lowest BCUT2D eigenvalue weighted by molar-refractivity contribution is 0.584. The maximum atomic E-state index is 13.3. The van der Waals surface area contributed by atoms with Gasteiger partial charge in [-0.05, 0) is 12.1 Å². The number of rotatable bonds is 2. The summed E-state index contributed by atoms with van der Waals surface area (Å²) >= 11 is 5.52. The Morgan fingerprint density at radius 2 is 2.13 bits per heavy atom. The van der Waals surface area contributed by atoms with Crippen LogP contribution in [-0.2, 0) is 5.88 Å². The molecule has 78 valence electrons. The molecule has 0 amide bonds. The van der Waals surface area contributed by atoms with Crippen LogP contribution in [0.25, 0.3) is 5.69 Å². The van der Waals surface area contributed by atoms with E-state index in [2.05, 4.69) is 10.3 Å².